The maximum Gasteiger partial charge on any atom is 0.255 e. The van der Waals surface area contributed by atoms with E-state index in [0.29, 0.717) is 30.4 Å². The molecule has 2 aromatic rings. The standard InChI is InChI=1S/C18H21NO2/c1-14(2)13-21-17-11-7-6-10-16(17)18(20)19-12-15-8-4-3-5-9-15/h3-11,14H,12-13H2,1-2H3,(H,19,20). The number of hydrogen-bond acceptors (Lipinski definition) is 2. The zero-order valence-corrected chi connectivity index (χ0v) is 12.5. The minimum absolute atomic E-state index is 0.113. The fourth-order valence-electron chi connectivity index (χ4n) is 1.91. The Labute approximate surface area is 126 Å². The molecule has 21 heavy (non-hydrogen) atoms. The van der Waals surface area contributed by atoms with Gasteiger partial charge in [-0.25, -0.2) is 0 Å². The van der Waals surface area contributed by atoms with Gasteiger partial charge in [-0.1, -0.05) is 56.3 Å². The largest absolute Gasteiger partial charge is 0.492 e. The van der Waals surface area contributed by atoms with Gasteiger partial charge in [-0.05, 0) is 23.6 Å². The molecule has 0 atom stereocenters. The van der Waals surface area contributed by atoms with Gasteiger partial charge in [0.1, 0.15) is 5.75 Å². The maximum absolute atomic E-state index is 12.3. The molecule has 0 fully saturated rings. The lowest BCUT2D eigenvalue weighted by atomic mass is 10.1. The highest BCUT2D eigenvalue weighted by Crippen LogP contribution is 2.18. The highest BCUT2D eigenvalue weighted by Gasteiger charge is 2.12. The van der Waals surface area contributed by atoms with Crippen LogP contribution in [-0.2, 0) is 6.54 Å². The maximum atomic E-state index is 12.3. The Morgan fingerprint density at radius 1 is 1.05 bits per heavy atom. The first kappa shape index (κ1) is 15.1. The first-order valence-corrected chi connectivity index (χ1v) is 7.21. The molecule has 0 radical (unpaired) electrons. The second-order valence-electron chi connectivity index (χ2n) is 5.37. The van der Waals surface area contributed by atoms with Gasteiger partial charge in [0.25, 0.3) is 5.91 Å². The van der Waals surface area contributed by atoms with Crippen LogP contribution >= 0.6 is 0 Å². The molecule has 0 aliphatic heterocycles. The second kappa shape index (κ2) is 7.48. The van der Waals surface area contributed by atoms with E-state index in [2.05, 4.69) is 19.2 Å². The zero-order chi connectivity index (χ0) is 15.1. The Kier molecular flexibility index (Phi) is 5.38. The Bertz CT molecular complexity index is 579. The predicted octanol–water partition coefficient (Wildman–Crippen LogP) is 3.65. The minimum Gasteiger partial charge on any atom is -0.492 e. The normalized spacial score (nSPS) is 10.4. The summed E-state index contributed by atoms with van der Waals surface area (Å²) in [5.41, 5.74) is 1.65. The molecule has 110 valence electrons. The summed E-state index contributed by atoms with van der Waals surface area (Å²) in [6.45, 7) is 5.28. The lowest BCUT2D eigenvalue weighted by Crippen LogP contribution is -2.23. The van der Waals surface area contributed by atoms with Gasteiger partial charge < -0.3 is 10.1 Å². The molecule has 0 spiro atoms. The molecule has 1 N–H and O–H groups in total. The van der Waals surface area contributed by atoms with Crippen LogP contribution in [0.3, 0.4) is 0 Å². The van der Waals surface area contributed by atoms with Gasteiger partial charge in [0.2, 0.25) is 0 Å². The quantitative estimate of drug-likeness (QED) is 0.878. The van der Waals surface area contributed by atoms with Crippen molar-refractivity contribution in [2.45, 2.75) is 20.4 Å². The summed E-state index contributed by atoms with van der Waals surface area (Å²) in [7, 11) is 0. The van der Waals surface area contributed by atoms with E-state index in [-0.39, 0.29) is 5.91 Å². The third-order valence-electron chi connectivity index (χ3n) is 3.00. The van der Waals surface area contributed by atoms with Crippen LogP contribution in [0.4, 0.5) is 0 Å². The summed E-state index contributed by atoms with van der Waals surface area (Å²) in [5.74, 6) is 0.945. The van der Waals surface area contributed by atoms with Gasteiger partial charge in [0.05, 0.1) is 12.2 Å². The molecule has 0 bridgehead atoms. The summed E-state index contributed by atoms with van der Waals surface area (Å²) in [6.07, 6.45) is 0. The first-order valence-electron chi connectivity index (χ1n) is 7.21. The van der Waals surface area contributed by atoms with Crippen molar-refractivity contribution in [2.24, 2.45) is 5.92 Å². The van der Waals surface area contributed by atoms with Crippen molar-refractivity contribution in [3.63, 3.8) is 0 Å². The molecular weight excluding hydrogens is 262 g/mol. The number of hydrogen-bond donors (Lipinski definition) is 1. The number of ether oxygens (including phenoxy) is 1. The Balaban J connectivity index is 2.01. The number of benzene rings is 2. The number of carbonyl (C=O) groups is 1. The van der Waals surface area contributed by atoms with Crippen molar-refractivity contribution >= 4 is 5.91 Å². The molecule has 0 aliphatic carbocycles. The van der Waals surface area contributed by atoms with E-state index in [1.165, 1.54) is 0 Å². The average Bonchev–Trinajstić information content (AvgIpc) is 2.52. The summed E-state index contributed by atoms with van der Waals surface area (Å²) in [6, 6.07) is 17.2. The Hall–Kier alpha value is -2.29. The van der Waals surface area contributed by atoms with Crippen molar-refractivity contribution in [3.8, 4) is 5.75 Å². The van der Waals surface area contributed by atoms with Gasteiger partial charge >= 0.3 is 0 Å². The van der Waals surface area contributed by atoms with Gasteiger partial charge in [-0.15, -0.1) is 0 Å². The molecule has 0 saturated carbocycles. The molecule has 3 nitrogen and oxygen atoms in total. The molecule has 2 rings (SSSR count). The SMILES string of the molecule is CC(C)COc1ccccc1C(=O)NCc1ccccc1. The number of nitrogens with one attached hydrogen (secondary N) is 1. The highest BCUT2D eigenvalue weighted by atomic mass is 16.5. The van der Waals surface area contributed by atoms with Crippen LogP contribution in [0.2, 0.25) is 0 Å². The minimum atomic E-state index is -0.113. The van der Waals surface area contributed by atoms with Crippen LogP contribution in [0.1, 0.15) is 29.8 Å². The van der Waals surface area contributed by atoms with E-state index < -0.39 is 0 Å². The van der Waals surface area contributed by atoms with E-state index >= 15 is 0 Å². The smallest absolute Gasteiger partial charge is 0.255 e. The third-order valence-corrected chi connectivity index (χ3v) is 3.00. The third kappa shape index (κ3) is 4.63. The summed E-state index contributed by atoms with van der Waals surface area (Å²) < 4.78 is 5.71. The Morgan fingerprint density at radius 2 is 1.71 bits per heavy atom. The molecule has 2 aromatic carbocycles. The summed E-state index contributed by atoms with van der Waals surface area (Å²) in [5, 5.41) is 2.92. The number of rotatable bonds is 6. The molecule has 3 heteroatoms. The van der Waals surface area contributed by atoms with Gasteiger partial charge in [0, 0.05) is 6.54 Å². The van der Waals surface area contributed by atoms with Gasteiger partial charge in [-0.2, -0.15) is 0 Å². The van der Waals surface area contributed by atoms with Crippen molar-refractivity contribution in [3.05, 3.63) is 65.7 Å². The van der Waals surface area contributed by atoms with Crippen LogP contribution < -0.4 is 10.1 Å². The van der Waals surface area contributed by atoms with Gasteiger partial charge in [0.15, 0.2) is 0 Å². The van der Waals surface area contributed by atoms with Crippen LogP contribution in [0.5, 0.6) is 5.75 Å². The molecule has 0 unspecified atom stereocenters. The summed E-state index contributed by atoms with van der Waals surface area (Å²) in [4.78, 5) is 12.3. The van der Waals surface area contributed by atoms with Crippen LogP contribution in [0, 0.1) is 5.92 Å². The van der Waals surface area contributed by atoms with Gasteiger partial charge in [-0.3, -0.25) is 4.79 Å². The molecule has 1 amide bonds. The fraction of sp³-hybridized carbons (Fsp3) is 0.278. The second-order valence-corrected chi connectivity index (χ2v) is 5.37. The van der Waals surface area contributed by atoms with E-state index in [1.54, 1.807) is 6.07 Å². The number of carbonyl (C=O) groups excluding carboxylic acids is 1. The molecule has 0 saturated heterocycles. The molecular formula is C18H21NO2. The van der Waals surface area contributed by atoms with E-state index in [1.807, 2.05) is 48.5 Å². The molecule has 0 heterocycles. The predicted molar refractivity (Wildman–Crippen MR) is 84.4 cm³/mol. The number of amides is 1. The van der Waals surface area contributed by atoms with Crippen molar-refractivity contribution in [1.82, 2.24) is 5.32 Å². The average molecular weight is 283 g/mol. The highest BCUT2D eigenvalue weighted by molar-refractivity contribution is 5.96. The Morgan fingerprint density at radius 3 is 2.43 bits per heavy atom. The van der Waals surface area contributed by atoms with E-state index in [0.717, 1.165) is 5.56 Å². The zero-order valence-electron chi connectivity index (χ0n) is 12.5. The first-order chi connectivity index (χ1) is 10.2. The molecule has 0 aliphatic rings. The fourth-order valence-corrected chi connectivity index (χ4v) is 1.91. The van der Waals surface area contributed by atoms with Crippen molar-refractivity contribution < 1.29 is 9.53 Å². The lowest BCUT2D eigenvalue weighted by molar-refractivity contribution is 0.0946. The lowest BCUT2D eigenvalue weighted by Gasteiger charge is -2.13. The van der Waals surface area contributed by atoms with Crippen LogP contribution in [0.15, 0.2) is 54.6 Å². The van der Waals surface area contributed by atoms with Crippen LogP contribution in [-0.4, -0.2) is 12.5 Å². The monoisotopic (exact) mass is 283 g/mol. The topological polar surface area (TPSA) is 38.3 Å². The number of para-hydroxylation sites is 1. The molecule has 0 aromatic heterocycles. The van der Waals surface area contributed by atoms with E-state index in [9.17, 15) is 4.79 Å². The van der Waals surface area contributed by atoms with Crippen LogP contribution in [0.25, 0.3) is 0 Å². The van der Waals surface area contributed by atoms with Crippen molar-refractivity contribution in [2.75, 3.05) is 6.61 Å². The summed E-state index contributed by atoms with van der Waals surface area (Å²) >= 11 is 0. The van der Waals surface area contributed by atoms with E-state index in [4.69, 9.17) is 4.74 Å². The van der Waals surface area contributed by atoms with Crippen molar-refractivity contribution in [1.29, 1.82) is 0 Å².